The molecule has 1 aliphatic carbocycles. The van der Waals surface area contributed by atoms with Crippen molar-refractivity contribution in [2.24, 2.45) is 5.73 Å². The van der Waals surface area contributed by atoms with Crippen LogP contribution in [0.2, 0.25) is 0 Å². The number of hydrogen-bond acceptors (Lipinski definition) is 1. The molecule has 10 heavy (non-hydrogen) atoms. The summed E-state index contributed by atoms with van der Waals surface area (Å²) in [6, 6.07) is -0.709. The van der Waals surface area contributed by atoms with Crippen LogP contribution in [0.4, 0.5) is 4.39 Å². The predicted molar refractivity (Wildman–Crippen MR) is 40.6 cm³/mol. The summed E-state index contributed by atoms with van der Waals surface area (Å²) in [6.07, 6.45) is 4.59. The van der Waals surface area contributed by atoms with E-state index >= 15 is 0 Å². The first-order valence-electron chi connectivity index (χ1n) is 3.03. The summed E-state index contributed by atoms with van der Waals surface area (Å²) >= 11 is 5.60. The van der Waals surface area contributed by atoms with Crippen molar-refractivity contribution >= 4 is 11.6 Å². The van der Waals surface area contributed by atoms with Gasteiger partial charge in [-0.1, -0.05) is 17.7 Å². The molecule has 0 heterocycles. The first-order chi connectivity index (χ1) is 4.54. The number of hydrogen-bond donors (Lipinski definition) is 1. The largest absolute Gasteiger partial charge is 0.320 e. The number of halogens is 2. The summed E-state index contributed by atoms with van der Waals surface area (Å²) < 4.78 is 13.2. The van der Waals surface area contributed by atoms with Crippen molar-refractivity contribution in [1.82, 2.24) is 0 Å². The van der Waals surface area contributed by atoms with Crippen LogP contribution in [0, 0.1) is 0 Å². The highest BCUT2D eigenvalue weighted by molar-refractivity contribution is 6.30. The maximum absolute atomic E-state index is 13.2. The Kier molecular flexibility index (Phi) is 1.84. The van der Waals surface area contributed by atoms with Gasteiger partial charge in [0.05, 0.1) is 6.04 Å². The number of alkyl halides is 1. The summed E-state index contributed by atoms with van der Waals surface area (Å²) in [7, 11) is 0. The van der Waals surface area contributed by atoms with Crippen molar-refractivity contribution in [3.63, 3.8) is 0 Å². The molecule has 3 heteroatoms. The smallest absolute Gasteiger partial charge is 0.146 e. The Morgan fingerprint density at radius 2 is 2.40 bits per heavy atom. The third kappa shape index (κ3) is 1.22. The number of rotatable bonds is 0. The SMILES string of the molecule is CC1(F)C=CC=C(Cl)C1N. The second-order valence-corrected chi connectivity index (χ2v) is 2.98. The van der Waals surface area contributed by atoms with Crippen molar-refractivity contribution < 1.29 is 4.39 Å². The second-order valence-electron chi connectivity index (χ2n) is 2.54. The quantitative estimate of drug-likeness (QED) is 0.576. The number of allylic oxidation sites excluding steroid dienone is 2. The van der Waals surface area contributed by atoms with Gasteiger partial charge in [-0.2, -0.15) is 0 Å². The fraction of sp³-hybridized carbons (Fsp3) is 0.429. The van der Waals surface area contributed by atoms with Gasteiger partial charge in [0.25, 0.3) is 0 Å². The highest BCUT2D eigenvalue weighted by Crippen LogP contribution is 2.27. The van der Waals surface area contributed by atoms with Gasteiger partial charge < -0.3 is 5.73 Å². The molecule has 2 unspecified atom stereocenters. The van der Waals surface area contributed by atoms with E-state index in [0.717, 1.165) is 0 Å². The molecule has 0 aliphatic heterocycles. The van der Waals surface area contributed by atoms with Crippen molar-refractivity contribution in [2.45, 2.75) is 18.6 Å². The maximum atomic E-state index is 13.2. The zero-order valence-corrected chi connectivity index (χ0v) is 6.40. The average molecular weight is 162 g/mol. The molecule has 1 rings (SSSR count). The molecule has 0 saturated heterocycles. The van der Waals surface area contributed by atoms with Crippen LogP contribution in [0.5, 0.6) is 0 Å². The third-order valence-electron chi connectivity index (χ3n) is 1.58. The lowest BCUT2D eigenvalue weighted by atomic mass is 9.95. The molecule has 0 aromatic rings. The summed E-state index contributed by atoms with van der Waals surface area (Å²) in [5, 5.41) is 0.368. The highest BCUT2D eigenvalue weighted by Gasteiger charge is 2.32. The Balaban J connectivity index is 2.89. The van der Waals surface area contributed by atoms with Crippen molar-refractivity contribution in [1.29, 1.82) is 0 Å². The molecule has 0 bridgehead atoms. The van der Waals surface area contributed by atoms with E-state index in [9.17, 15) is 4.39 Å². The van der Waals surface area contributed by atoms with E-state index < -0.39 is 11.7 Å². The van der Waals surface area contributed by atoms with E-state index in [0.29, 0.717) is 5.03 Å². The standard InChI is InChI=1S/C7H9ClFN/c1-7(9)4-2-3-5(8)6(7)10/h2-4,6H,10H2,1H3. The molecule has 2 atom stereocenters. The predicted octanol–water partition coefficient (Wildman–Crippen LogP) is 1.73. The Morgan fingerprint density at radius 1 is 1.80 bits per heavy atom. The molecular formula is C7H9ClFN. The molecule has 0 spiro atoms. The summed E-state index contributed by atoms with van der Waals surface area (Å²) in [5.74, 6) is 0. The summed E-state index contributed by atoms with van der Waals surface area (Å²) in [4.78, 5) is 0. The Hall–Kier alpha value is -0.340. The normalized spacial score (nSPS) is 39.6. The monoisotopic (exact) mass is 161 g/mol. The van der Waals surface area contributed by atoms with E-state index in [-0.39, 0.29) is 0 Å². The van der Waals surface area contributed by atoms with Crippen LogP contribution in [-0.4, -0.2) is 11.7 Å². The van der Waals surface area contributed by atoms with E-state index in [1.54, 1.807) is 12.2 Å². The molecule has 0 radical (unpaired) electrons. The lowest BCUT2D eigenvalue weighted by Crippen LogP contribution is -2.41. The molecular weight excluding hydrogens is 153 g/mol. The molecule has 0 aromatic heterocycles. The van der Waals surface area contributed by atoms with Gasteiger partial charge in [-0.15, -0.1) is 0 Å². The van der Waals surface area contributed by atoms with Gasteiger partial charge in [-0.05, 0) is 19.1 Å². The van der Waals surface area contributed by atoms with E-state index in [4.69, 9.17) is 17.3 Å². The Morgan fingerprint density at radius 3 is 2.80 bits per heavy atom. The zero-order valence-electron chi connectivity index (χ0n) is 5.64. The molecule has 0 aromatic carbocycles. The highest BCUT2D eigenvalue weighted by atomic mass is 35.5. The van der Waals surface area contributed by atoms with Crippen LogP contribution in [0.15, 0.2) is 23.3 Å². The van der Waals surface area contributed by atoms with Gasteiger partial charge in [-0.25, -0.2) is 4.39 Å². The van der Waals surface area contributed by atoms with Crippen molar-refractivity contribution in [3.05, 3.63) is 23.3 Å². The summed E-state index contributed by atoms with van der Waals surface area (Å²) in [6.45, 7) is 1.41. The van der Waals surface area contributed by atoms with Crippen LogP contribution in [0.1, 0.15) is 6.92 Å². The minimum Gasteiger partial charge on any atom is -0.320 e. The lowest BCUT2D eigenvalue weighted by Gasteiger charge is -2.25. The van der Waals surface area contributed by atoms with E-state index in [1.807, 2.05) is 0 Å². The first-order valence-corrected chi connectivity index (χ1v) is 3.41. The van der Waals surface area contributed by atoms with Gasteiger partial charge in [0.2, 0.25) is 0 Å². The second kappa shape index (κ2) is 2.36. The number of nitrogens with two attached hydrogens (primary N) is 1. The first kappa shape index (κ1) is 7.76. The van der Waals surface area contributed by atoms with E-state index in [2.05, 4.69) is 0 Å². The van der Waals surface area contributed by atoms with Crippen molar-refractivity contribution in [3.8, 4) is 0 Å². The molecule has 0 amide bonds. The molecule has 2 N–H and O–H groups in total. The Labute approximate surface area is 64.4 Å². The van der Waals surface area contributed by atoms with Crippen LogP contribution in [0.3, 0.4) is 0 Å². The van der Waals surface area contributed by atoms with Gasteiger partial charge >= 0.3 is 0 Å². The molecule has 56 valence electrons. The van der Waals surface area contributed by atoms with Crippen LogP contribution in [-0.2, 0) is 0 Å². The van der Waals surface area contributed by atoms with Gasteiger partial charge in [0.15, 0.2) is 0 Å². The minimum absolute atomic E-state index is 0.368. The summed E-state index contributed by atoms with van der Waals surface area (Å²) in [5.41, 5.74) is 3.94. The fourth-order valence-corrected chi connectivity index (χ4v) is 1.09. The average Bonchev–Trinajstić information content (AvgIpc) is 1.83. The molecule has 0 fully saturated rings. The van der Waals surface area contributed by atoms with Crippen LogP contribution >= 0.6 is 11.6 Å². The third-order valence-corrected chi connectivity index (χ3v) is 1.94. The van der Waals surface area contributed by atoms with Gasteiger partial charge in [0, 0.05) is 5.03 Å². The fourth-order valence-electron chi connectivity index (χ4n) is 0.805. The van der Waals surface area contributed by atoms with Gasteiger partial charge in [-0.3, -0.25) is 0 Å². The van der Waals surface area contributed by atoms with E-state index in [1.165, 1.54) is 13.0 Å². The topological polar surface area (TPSA) is 26.0 Å². The zero-order chi connectivity index (χ0) is 7.78. The molecule has 1 nitrogen and oxygen atoms in total. The van der Waals surface area contributed by atoms with Crippen molar-refractivity contribution in [2.75, 3.05) is 0 Å². The van der Waals surface area contributed by atoms with Crippen LogP contribution in [0.25, 0.3) is 0 Å². The Bertz CT molecular complexity index is 196. The van der Waals surface area contributed by atoms with Crippen LogP contribution < -0.4 is 5.73 Å². The lowest BCUT2D eigenvalue weighted by molar-refractivity contribution is 0.230. The van der Waals surface area contributed by atoms with Gasteiger partial charge in [0.1, 0.15) is 5.67 Å². The molecule has 1 aliphatic rings. The molecule has 0 saturated carbocycles. The minimum atomic E-state index is -1.49. The maximum Gasteiger partial charge on any atom is 0.146 e.